The Hall–Kier alpha value is -2.63. The summed E-state index contributed by atoms with van der Waals surface area (Å²) in [4.78, 5) is 11.5. The molecule has 0 saturated carbocycles. The number of benzene rings is 1. The molecule has 5 heteroatoms. The molecule has 1 rings (SSSR count). The maximum Gasteiger partial charge on any atom is 0.238 e. The molecule has 1 amide bonds. The molecule has 1 aromatic rings. The van der Waals surface area contributed by atoms with E-state index >= 15 is 0 Å². The first kappa shape index (κ1) is 13.4. The molecule has 18 heavy (non-hydrogen) atoms. The van der Waals surface area contributed by atoms with Crippen molar-refractivity contribution in [2.24, 2.45) is 0 Å². The van der Waals surface area contributed by atoms with Gasteiger partial charge in [0, 0.05) is 12.2 Å². The molecule has 0 aliphatic carbocycles. The molecule has 0 aliphatic rings. The molecule has 0 aromatic heterocycles. The van der Waals surface area contributed by atoms with Crippen LogP contribution in [0.1, 0.15) is 11.1 Å². The van der Waals surface area contributed by atoms with E-state index in [1.165, 1.54) is 12.1 Å². The number of amides is 1. The predicted octanol–water partition coefficient (Wildman–Crippen LogP) is 1.14. The van der Waals surface area contributed by atoms with Gasteiger partial charge in [0.25, 0.3) is 0 Å². The fourth-order valence-corrected chi connectivity index (χ4v) is 1.30. The molecule has 0 spiro atoms. The van der Waals surface area contributed by atoms with Crippen LogP contribution < -0.4 is 10.6 Å². The Morgan fingerprint density at radius 3 is 2.67 bits per heavy atom. The molecule has 0 heterocycles. The van der Waals surface area contributed by atoms with Crippen molar-refractivity contribution in [3.63, 3.8) is 0 Å². The fourth-order valence-electron chi connectivity index (χ4n) is 1.30. The van der Waals surface area contributed by atoms with Crippen molar-refractivity contribution in [1.29, 1.82) is 10.5 Å². The lowest BCUT2D eigenvalue weighted by Gasteiger charge is -2.06. The minimum Gasteiger partial charge on any atom is -0.325 e. The van der Waals surface area contributed by atoms with Crippen LogP contribution in [0.2, 0.25) is 0 Å². The zero-order valence-corrected chi connectivity index (χ0v) is 9.73. The first-order valence-corrected chi connectivity index (χ1v) is 5.27. The molecule has 0 radical (unpaired) electrons. The summed E-state index contributed by atoms with van der Waals surface area (Å²) in [6, 6.07) is 8.39. The number of nitrogens with zero attached hydrogens (tertiary/aromatic N) is 2. The van der Waals surface area contributed by atoms with Crippen LogP contribution in [-0.2, 0) is 4.79 Å². The highest BCUT2D eigenvalue weighted by Crippen LogP contribution is 2.14. The molecule has 5 nitrogen and oxygen atoms in total. The van der Waals surface area contributed by atoms with E-state index in [0.29, 0.717) is 17.8 Å². The van der Waals surface area contributed by atoms with E-state index in [2.05, 4.69) is 17.2 Å². The second-order valence-corrected chi connectivity index (χ2v) is 3.45. The predicted molar refractivity (Wildman–Crippen MR) is 67.6 cm³/mol. The summed E-state index contributed by atoms with van der Waals surface area (Å²) in [6.07, 6.45) is 1.66. The molecular weight excluding hydrogens is 228 g/mol. The minimum atomic E-state index is -0.217. The average molecular weight is 240 g/mol. The van der Waals surface area contributed by atoms with Gasteiger partial charge in [-0.1, -0.05) is 6.08 Å². The number of hydrogen-bond donors (Lipinski definition) is 2. The lowest BCUT2D eigenvalue weighted by molar-refractivity contribution is -0.115. The van der Waals surface area contributed by atoms with Gasteiger partial charge >= 0.3 is 0 Å². The summed E-state index contributed by atoms with van der Waals surface area (Å²) in [7, 11) is 0. The van der Waals surface area contributed by atoms with E-state index in [4.69, 9.17) is 10.5 Å². The highest BCUT2D eigenvalue weighted by atomic mass is 16.1. The molecule has 2 N–H and O–H groups in total. The van der Waals surface area contributed by atoms with Crippen LogP contribution in [0.3, 0.4) is 0 Å². The third-order valence-electron chi connectivity index (χ3n) is 2.12. The summed E-state index contributed by atoms with van der Waals surface area (Å²) >= 11 is 0. The lowest BCUT2D eigenvalue weighted by Crippen LogP contribution is -2.28. The quantitative estimate of drug-likeness (QED) is 0.596. The molecule has 0 fully saturated rings. The van der Waals surface area contributed by atoms with Crippen LogP contribution in [0.25, 0.3) is 0 Å². The molecular formula is C13H12N4O. The first-order chi connectivity index (χ1) is 8.71. The van der Waals surface area contributed by atoms with E-state index in [1.807, 2.05) is 12.1 Å². The normalized spacial score (nSPS) is 9.00. The van der Waals surface area contributed by atoms with Crippen molar-refractivity contribution in [2.45, 2.75) is 0 Å². The van der Waals surface area contributed by atoms with Crippen molar-refractivity contribution >= 4 is 11.6 Å². The number of hydrogen-bond acceptors (Lipinski definition) is 4. The molecule has 0 aliphatic heterocycles. The Labute approximate surface area is 105 Å². The fraction of sp³-hybridized carbons (Fsp3) is 0.154. The van der Waals surface area contributed by atoms with Crippen molar-refractivity contribution in [1.82, 2.24) is 5.32 Å². The number of nitriles is 2. The molecule has 0 unspecified atom stereocenters. The van der Waals surface area contributed by atoms with Gasteiger partial charge in [0.15, 0.2) is 0 Å². The Bertz CT molecular complexity index is 537. The smallest absolute Gasteiger partial charge is 0.238 e. The summed E-state index contributed by atoms with van der Waals surface area (Å²) < 4.78 is 0. The van der Waals surface area contributed by atoms with E-state index < -0.39 is 0 Å². The second-order valence-electron chi connectivity index (χ2n) is 3.45. The molecule has 0 bridgehead atoms. The zero-order valence-electron chi connectivity index (χ0n) is 9.73. The zero-order chi connectivity index (χ0) is 13.4. The number of carbonyl (C=O) groups is 1. The van der Waals surface area contributed by atoms with Crippen molar-refractivity contribution in [3.8, 4) is 12.1 Å². The average Bonchev–Trinajstić information content (AvgIpc) is 2.39. The van der Waals surface area contributed by atoms with Gasteiger partial charge in [-0.15, -0.1) is 6.58 Å². The standard InChI is InChI=1S/C13H12N4O/c1-2-5-16-9-13(18)17-12-4-3-10(7-14)11(6-12)8-15/h2-4,6,16H,1,5,9H2,(H,17,18). The monoisotopic (exact) mass is 240 g/mol. The lowest BCUT2D eigenvalue weighted by atomic mass is 10.1. The van der Waals surface area contributed by atoms with Crippen LogP contribution in [0.4, 0.5) is 5.69 Å². The summed E-state index contributed by atoms with van der Waals surface area (Å²) in [6.45, 7) is 4.23. The Balaban J connectivity index is 2.69. The van der Waals surface area contributed by atoms with E-state index in [0.717, 1.165) is 0 Å². The number of anilines is 1. The van der Waals surface area contributed by atoms with Gasteiger partial charge in [0.2, 0.25) is 5.91 Å². The second kappa shape index (κ2) is 6.85. The van der Waals surface area contributed by atoms with Gasteiger partial charge in [0.05, 0.1) is 17.7 Å². The van der Waals surface area contributed by atoms with Crippen molar-refractivity contribution in [2.75, 3.05) is 18.4 Å². The van der Waals surface area contributed by atoms with Crippen LogP contribution in [-0.4, -0.2) is 19.0 Å². The summed E-state index contributed by atoms with van der Waals surface area (Å²) in [5, 5.41) is 23.1. The maximum atomic E-state index is 11.5. The van der Waals surface area contributed by atoms with Gasteiger partial charge in [-0.05, 0) is 18.2 Å². The highest BCUT2D eigenvalue weighted by molar-refractivity contribution is 5.92. The Morgan fingerprint density at radius 1 is 1.33 bits per heavy atom. The van der Waals surface area contributed by atoms with Crippen LogP contribution >= 0.6 is 0 Å². The van der Waals surface area contributed by atoms with Gasteiger partial charge in [-0.25, -0.2) is 0 Å². The van der Waals surface area contributed by atoms with Gasteiger partial charge in [-0.2, -0.15) is 10.5 Å². The summed E-state index contributed by atoms with van der Waals surface area (Å²) in [5.41, 5.74) is 1.03. The van der Waals surface area contributed by atoms with Gasteiger partial charge in [0.1, 0.15) is 12.1 Å². The SMILES string of the molecule is C=CCNCC(=O)Nc1ccc(C#N)c(C#N)c1. The van der Waals surface area contributed by atoms with Crippen molar-refractivity contribution in [3.05, 3.63) is 42.0 Å². The largest absolute Gasteiger partial charge is 0.325 e. The highest BCUT2D eigenvalue weighted by Gasteiger charge is 2.05. The Kier molecular flexibility index (Phi) is 5.11. The van der Waals surface area contributed by atoms with Gasteiger partial charge < -0.3 is 10.6 Å². The molecule has 90 valence electrons. The third-order valence-corrected chi connectivity index (χ3v) is 2.12. The van der Waals surface area contributed by atoms with E-state index in [1.54, 1.807) is 12.1 Å². The number of rotatable bonds is 5. The topological polar surface area (TPSA) is 88.7 Å². The third kappa shape index (κ3) is 3.75. The number of carbonyl (C=O) groups excluding carboxylic acids is 1. The number of nitrogens with one attached hydrogen (secondary N) is 2. The van der Waals surface area contributed by atoms with Crippen LogP contribution in [0.15, 0.2) is 30.9 Å². The van der Waals surface area contributed by atoms with E-state index in [9.17, 15) is 4.79 Å². The van der Waals surface area contributed by atoms with Crippen LogP contribution in [0.5, 0.6) is 0 Å². The van der Waals surface area contributed by atoms with E-state index in [-0.39, 0.29) is 18.0 Å². The Morgan fingerprint density at radius 2 is 2.06 bits per heavy atom. The minimum absolute atomic E-state index is 0.161. The maximum absolute atomic E-state index is 11.5. The van der Waals surface area contributed by atoms with Gasteiger partial charge in [-0.3, -0.25) is 4.79 Å². The molecule has 1 aromatic carbocycles. The summed E-state index contributed by atoms with van der Waals surface area (Å²) in [5.74, 6) is -0.217. The first-order valence-electron chi connectivity index (χ1n) is 5.27. The van der Waals surface area contributed by atoms with Crippen LogP contribution in [0, 0.1) is 22.7 Å². The van der Waals surface area contributed by atoms with Crippen molar-refractivity contribution < 1.29 is 4.79 Å². The molecule has 0 atom stereocenters. The molecule has 0 saturated heterocycles.